The van der Waals surface area contributed by atoms with E-state index in [0.717, 1.165) is 29.3 Å². The quantitative estimate of drug-likeness (QED) is 0.742. The summed E-state index contributed by atoms with van der Waals surface area (Å²) in [6.45, 7) is 3.93. The number of rotatable bonds is 8. The number of thiazole rings is 1. The second kappa shape index (κ2) is 9.04. The summed E-state index contributed by atoms with van der Waals surface area (Å²) in [5.41, 5.74) is 0.811. The van der Waals surface area contributed by atoms with E-state index in [1.165, 1.54) is 18.4 Å². The number of esters is 1. The first-order valence-corrected chi connectivity index (χ1v) is 9.08. The van der Waals surface area contributed by atoms with Crippen LogP contribution in [-0.4, -0.2) is 42.0 Å². The molecular weight excluding hydrogens is 308 g/mol. The van der Waals surface area contributed by atoms with E-state index in [9.17, 15) is 9.59 Å². The summed E-state index contributed by atoms with van der Waals surface area (Å²) < 4.78 is 4.75. The van der Waals surface area contributed by atoms with Gasteiger partial charge in [0.25, 0.3) is 5.91 Å². The lowest BCUT2D eigenvalue weighted by Crippen LogP contribution is -2.42. The van der Waals surface area contributed by atoms with Crippen molar-refractivity contribution in [1.29, 1.82) is 0 Å². The van der Waals surface area contributed by atoms with E-state index in [0.29, 0.717) is 11.3 Å². The molecule has 0 saturated heterocycles. The summed E-state index contributed by atoms with van der Waals surface area (Å²) in [5, 5.41) is 3.64. The Hall–Kier alpha value is -1.08. The van der Waals surface area contributed by atoms with Crippen LogP contribution >= 0.6 is 23.1 Å². The molecule has 1 aromatic rings. The largest absolute Gasteiger partial charge is 0.467 e. The Morgan fingerprint density at radius 3 is 2.76 bits per heavy atom. The van der Waals surface area contributed by atoms with Crippen molar-refractivity contribution in [2.75, 3.05) is 19.1 Å². The maximum absolute atomic E-state index is 12.4. The van der Waals surface area contributed by atoms with Crippen molar-refractivity contribution >= 4 is 35.0 Å². The Morgan fingerprint density at radius 1 is 1.48 bits per heavy atom. The van der Waals surface area contributed by atoms with Gasteiger partial charge in [-0.25, -0.2) is 9.78 Å². The van der Waals surface area contributed by atoms with Gasteiger partial charge in [0, 0.05) is 0 Å². The normalized spacial score (nSPS) is 12.0. The van der Waals surface area contributed by atoms with Gasteiger partial charge < -0.3 is 10.1 Å². The van der Waals surface area contributed by atoms with Crippen molar-refractivity contribution in [3.05, 3.63) is 15.6 Å². The minimum Gasteiger partial charge on any atom is -0.467 e. The molecule has 0 radical (unpaired) electrons. The van der Waals surface area contributed by atoms with Crippen molar-refractivity contribution < 1.29 is 14.3 Å². The van der Waals surface area contributed by atoms with Crippen LogP contribution < -0.4 is 5.32 Å². The van der Waals surface area contributed by atoms with Crippen LogP contribution in [0.25, 0.3) is 0 Å². The molecule has 1 N–H and O–H groups in total. The fraction of sp³-hybridized carbons (Fsp3) is 0.643. The van der Waals surface area contributed by atoms with Gasteiger partial charge in [0.15, 0.2) is 0 Å². The van der Waals surface area contributed by atoms with Crippen molar-refractivity contribution in [1.82, 2.24) is 10.3 Å². The standard InChI is InChI=1S/C14H22N2O3S2/c1-5-6-10-12(21-9(2)15-10)13(17)16-11(7-8-20-4)14(18)19-3/h11H,5-8H2,1-4H3,(H,16,17)/t11-/m0/s1. The molecule has 0 spiro atoms. The smallest absolute Gasteiger partial charge is 0.328 e. The SMILES string of the molecule is CCCc1nc(C)sc1C(=O)N[C@@H](CCSC)C(=O)OC. The van der Waals surface area contributed by atoms with Gasteiger partial charge in [0.05, 0.1) is 17.8 Å². The Bertz CT molecular complexity index is 489. The molecule has 0 aromatic carbocycles. The third kappa shape index (κ3) is 5.32. The lowest BCUT2D eigenvalue weighted by Gasteiger charge is -2.15. The van der Waals surface area contributed by atoms with E-state index in [2.05, 4.69) is 10.3 Å². The highest BCUT2D eigenvalue weighted by Gasteiger charge is 2.24. The number of hydrogen-bond donors (Lipinski definition) is 1. The van der Waals surface area contributed by atoms with Gasteiger partial charge in [-0.2, -0.15) is 11.8 Å². The molecular formula is C14H22N2O3S2. The average molecular weight is 330 g/mol. The second-order valence-electron chi connectivity index (χ2n) is 4.59. The van der Waals surface area contributed by atoms with Crippen molar-refractivity contribution in [2.45, 2.75) is 39.2 Å². The first-order chi connectivity index (χ1) is 10.0. The minimum atomic E-state index is -0.605. The van der Waals surface area contributed by atoms with Crippen LogP contribution in [0.4, 0.5) is 0 Å². The number of carbonyl (C=O) groups is 2. The molecule has 0 unspecified atom stereocenters. The number of hydrogen-bond acceptors (Lipinski definition) is 6. The molecule has 0 saturated carbocycles. The maximum atomic E-state index is 12.4. The molecule has 0 aliphatic rings. The fourth-order valence-electron chi connectivity index (χ4n) is 1.90. The van der Waals surface area contributed by atoms with Gasteiger partial charge in [-0.15, -0.1) is 11.3 Å². The minimum absolute atomic E-state index is 0.236. The Labute approximate surface area is 133 Å². The van der Waals surface area contributed by atoms with Crippen LogP contribution in [0.5, 0.6) is 0 Å². The summed E-state index contributed by atoms with van der Waals surface area (Å²) in [5.74, 6) is 0.139. The Balaban J connectivity index is 2.83. The molecule has 1 heterocycles. The number of thioether (sulfide) groups is 1. The van der Waals surface area contributed by atoms with Crippen LogP contribution in [0.2, 0.25) is 0 Å². The zero-order chi connectivity index (χ0) is 15.8. The van der Waals surface area contributed by atoms with E-state index in [1.807, 2.05) is 20.1 Å². The third-order valence-electron chi connectivity index (χ3n) is 2.90. The summed E-state index contributed by atoms with van der Waals surface area (Å²) in [7, 11) is 1.33. The second-order valence-corrected chi connectivity index (χ2v) is 6.78. The van der Waals surface area contributed by atoms with Gasteiger partial charge in [-0.1, -0.05) is 13.3 Å². The van der Waals surface area contributed by atoms with E-state index < -0.39 is 12.0 Å². The predicted molar refractivity (Wildman–Crippen MR) is 87.1 cm³/mol. The number of aromatic nitrogens is 1. The molecule has 118 valence electrons. The zero-order valence-corrected chi connectivity index (χ0v) is 14.5. The van der Waals surface area contributed by atoms with Gasteiger partial charge in [-0.3, -0.25) is 4.79 Å². The van der Waals surface area contributed by atoms with Gasteiger partial charge in [0.2, 0.25) is 0 Å². The lowest BCUT2D eigenvalue weighted by molar-refractivity contribution is -0.142. The highest BCUT2D eigenvalue weighted by molar-refractivity contribution is 7.98. The summed E-state index contributed by atoms with van der Waals surface area (Å²) in [4.78, 5) is 29.1. The molecule has 0 aliphatic carbocycles. The Morgan fingerprint density at radius 2 is 2.19 bits per heavy atom. The Kier molecular flexibility index (Phi) is 7.74. The predicted octanol–water partition coefficient (Wildman–Crippen LogP) is 2.43. The van der Waals surface area contributed by atoms with Crippen molar-refractivity contribution in [3.63, 3.8) is 0 Å². The molecule has 1 amide bonds. The van der Waals surface area contributed by atoms with E-state index >= 15 is 0 Å². The summed E-state index contributed by atoms with van der Waals surface area (Å²) >= 11 is 2.99. The van der Waals surface area contributed by atoms with Crippen molar-refractivity contribution in [3.8, 4) is 0 Å². The number of amides is 1. The topological polar surface area (TPSA) is 68.3 Å². The number of aryl methyl sites for hydroxylation is 2. The molecule has 1 atom stereocenters. The van der Waals surface area contributed by atoms with E-state index in [-0.39, 0.29) is 5.91 Å². The van der Waals surface area contributed by atoms with Gasteiger partial charge >= 0.3 is 5.97 Å². The number of methoxy groups -OCH3 is 1. The van der Waals surface area contributed by atoms with Crippen molar-refractivity contribution in [2.24, 2.45) is 0 Å². The number of nitrogens with one attached hydrogen (secondary N) is 1. The van der Waals surface area contributed by atoms with Gasteiger partial charge in [0.1, 0.15) is 10.9 Å². The zero-order valence-electron chi connectivity index (χ0n) is 12.9. The molecule has 21 heavy (non-hydrogen) atoms. The summed E-state index contributed by atoms with van der Waals surface area (Å²) in [6.07, 6.45) is 4.21. The van der Waals surface area contributed by atoms with Crippen LogP contribution in [-0.2, 0) is 16.0 Å². The molecule has 1 aromatic heterocycles. The first kappa shape index (κ1) is 18.0. The third-order valence-corrected chi connectivity index (χ3v) is 4.55. The highest BCUT2D eigenvalue weighted by atomic mass is 32.2. The molecule has 0 aliphatic heterocycles. The number of nitrogens with zero attached hydrogens (tertiary/aromatic N) is 1. The van der Waals surface area contributed by atoms with E-state index in [1.54, 1.807) is 11.8 Å². The molecule has 1 rings (SSSR count). The van der Waals surface area contributed by atoms with Crippen LogP contribution in [0.15, 0.2) is 0 Å². The van der Waals surface area contributed by atoms with Crippen LogP contribution in [0.3, 0.4) is 0 Å². The number of carbonyl (C=O) groups excluding carboxylic acids is 2. The fourth-order valence-corrected chi connectivity index (χ4v) is 3.24. The monoisotopic (exact) mass is 330 g/mol. The molecule has 5 nitrogen and oxygen atoms in total. The van der Waals surface area contributed by atoms with Crippen LogP contribution in [0, 0.1) is 6.92 Å². The average Bonchev–Trinajstić information content (AvgIpc) is 2.83. The summed E-state index contributed by atoms with van der Waals surface area (Å²) in [6, 6.07) is -0.605. The molecule has 7 heteroatoms. The highest BCUT2D eigenvalue weighted by Crippen LogP contribution is 2.19. The molecule has 0 bridgehead atoms. The van der Waals surface area contributed by atoms with E-state index in [4.69, 9.17) is 4.74 Å². The maximum Gasteiger partial charge on any atom is 0.328 e. The van der Waals surface area contributed by atoms with Gasteiger partial charge in [-0.05, 0) is 31.8 Å². The van der Waals surface area contributed by atoms with Crippen LogP contribution in [0.1, 0.15) is 40.1 Å². The number of ether oxygens (including phenoxy) is 1. The molecule has 0 fully saturated rings. The first-order valence-electron chi connectivity index (χ1n) is 6.87. The lowest BCUT2D eigenvalue weighted by atomic mass is 10.2.